The zero-order valence-corrected chi connectivity index (χ0v) is 15.3. The number of anilines is 1. The molecule has 144 valence electrons. The van der Waals surface area contributed by atoms with Crippen LogP contribution >= 0.6 is 24.0 Å². The predicted octanol–water partition coefficient (Wildman–Crippen LogP) is 4.73. The van der Waals surface area contributed by atoms with E-state index in [1.54, 1.807) is 0 Å². The van der Waals surface area contributed by atoms with Gasteiger partial charge >= 0.3 is 11.9 Å². The van der Waals surface area contributed by atoms with Gasteiger partial charge in [-0.3, -0.25) is 19.8 Å². The van der Waals surface area contributed by atoms with Gasteiger partial charge in [0.1, 0.15) is 0 Å². The maximum atomic E-state index is 12.9. The standard InChI is InChI=1S/C17H9F3N2O4S2/c18-17(19,20)10-2-1-3-11(8-10)21-15(24)14(28-16(21)27)7-9-4-5-13(23)12(6-9)22(25)26/h1-8,23H/b14-7+. The molecule has 6 nitrogen and oxygen atoms in total. The van der Waals surface area contributed by atoms with Gasteiger partial charge < -0.3 is 5.11 Å². The second-order valence-electron chi connectivity index (χ2n) is 5.57. The number of rotatable bonds is 3. The molecule has 0 atom stereocenters. The van der Waals surface area contributed by atoms with Crippen LogP contribution < -0.4 is 4.90 Å². The molecule has 0 aromatic heterocycles. The lowest BCUT2D eigenvalue weighted by atomic mass is 10.1. The lowest BCUT2D eigenvalue weighted by Crippen LogP contribution is -2.27. The first-order chi connectivity index (χ1) is 13.1. The number of phenols is 1. The Balaban J connectivity index is 1.96. The van der Waals surface area contributed by atoms with Gasteiger partial charge in [0.05, 0.1) is 21.1 Å². The molecule has 0 bridgehead atoms. The Kier molecular flexibility index (Phi) is 5.13. The molecule has 1 aliphatic heterocycles. The second-order valence-corrected chi connectivity index (χ2v) is 7.25. The Morgan fingerprint density at radius 3 is 2.57 bits per heavy atom. The third-order valence-electron chi connectivity index (χ3n) is 3.72. The van der Waals surface area contributed by atoms with E-state index in [2.05, 4.69) is 0 Å². The summed E-state index contributed by atoms with van der Waals surface area (Å²) in [4.78, 5) is 23.8. The molecule has 1 amide bonds. The third-order valence-corrected chi connectivity index (χ3v) is 5.02. The van der Waals surface area contributed by atoms with Crippen LogP contribution in [0.4, 0.5) is 24.5 Å². The molecule has 0 aliphatic carbocycles. The summed E-state index contributed by atoms with van der Waals surface area (Å²) in [6.07, 6.45) is -3.25. The van der Waals surface area contributed by atoms with Crippen molar-refractivity contribution in [1.82, 2.24) is 0 Å². The highest BCUT2D eigenvalue weighted by Gasteiger charge is 2.36. The second kappa shape index (κ2) is 7.24. The number of nitro groups is 1. The minimum absolute atomic E-state index is 0.0302. The number of alkyl halides is 3. The van der Waals surface area contributed by atoms with Gasteiger partial charge in [-0.15, -0.1) is 0 Å². The number of hydrogen-bond donors (Lipinski definition) is 1. The fourth-order valence-corrected chi connectivity index (χ4v) is 3.74. The lowest BCUT2D eigenvalue weighted by molar-refractivity contribution is -0.385. The number of carbonyl (C=O) groups excluding carboxylic acids is 1. The van der Waals surface area contributed by atoms with Crippen molar-refractivity contribution in [3.05, 3.63) is 68.6 Å². The molecule has 0 radical (unpaired) electrons. The first-order valence-electron chi connectivity index (χ1n) is 7.50. The Morgan fingerprint density at radius 2 is 1.93 bits per heavy atom. The van der Waals surface area contributed by atoms with Crippen LogP contribution in [0.5, 0.6) is 5.75 Å². The molecule has 2 aromatic rings. The van der Waals surface area contributed by atoms with Crippen LogP contribution in [0.25, 0.3) is 6.08 Å². The molecule has 0 saturated carbocycles. The number of aromatic hydroxyl groups is 1. The third kappa shape index (κ3) is 3.85. The molecule has 1 aliphatic rings. The van der Waals surface area contributed by atoms with Gasteiger partial charge in [-0.25, -0.2) is 0 Å². The smallest absolute Gasteiger partial charge is 0.416 e. The number of nitrogens with zero attached hydrogens (tertiary/aromatic N) is 2. The number of amides is 1. The zero-order valence-electron chi connectivity index (χ0n) is 13.6. The summed E-state index contributed by atoms with van der Waals surface area (Å²) >= 11 is 5.97. The van der Waals surface area contributed by atoms with E-state index in [4.69, 9.17) is 12.2 Å². The average Bonchev–Trinajstić information content (AvgIpc) is 2.89. The minimum Gasteiger partial charge on any atom is -0.502 e. The lowest BCUT2D eigenvalue weighted by Gasteiger charge is -2.16. The highest BCUT2D eigenvalue weighted by atomic mass is 32.2. The topological polar surface area (TPSA) is 83.7 Å². The first kappa shape index (κ1) is 19.8. The molecule has 1 heterocycles. The molecular weight excluding hydrogens is 417 g/mol. The van der Waals surface area contributed by atoms with E-state index >= 15 is 0 Å². The van der Waals surface area contributed by atoms with Crippen molar-refractivity contribution in [2.24, 2.45) is 0 Å². The SMILES string of the molecule is O=C1/C(=C\c2ccc(O)c([N+](=O)[O-])c2)SC(=S)N1c1cccc(C(F)(F)F)c1. The van der Waals surface area contributed by atoms with Crippen molar-refractivity contribution in [3.8, 4) is 5.75 Å². The van der Waals surface area contributed by atoms with Crippen molar-refractivity contribution in [2.45, 2.75) is 6.18 Å². The van der Waals surface area contributed by atoms with E-state index < -0.39 is 34.0 Å². The summed E-state index contributed by atoms with van der Waals surface area (Å²) in [6, 6.07) is 7.74. The molecule has 1 N–H and O–H groups in total. The van der Waals surface area contributed by atoms with E-state index in [1.165, 1.54) is 24.3 Å². The number of phenolic OH excluding ortho intramolecular Hbond substituents is 1. The van der Waals surface area contributed by atoms with Crippen molar-refractivity contribution in [2.75, 3.05) is 4.90 Å². The summed E-state index contributed by atoms with van der Waals surface area (Å²) in [5.41, 5.74) is -1.23. The van der Waals surface area contributed by atoms with Gasteiger partial charge in [-0.1, -0.05) is 36.1 Å². The molecular formula is C17H9F3N2O4S2. The number of carbonyl (C=O) groups is 1. The fourth-order valence-electron chi connectivity index (χ4n) is 2.44. The number of thioether (sulfide) groups is 1. The van der Waals surface area contributed by atoms with Crippen LogP contribution in [-0.2, 0) is 11.0 Å². The van der Waals surface area contributed by atoms with Crippen LogP contribution in [0.15, 0.2) is 47.4 Å². The van der Waals surface area contributed by atoms with E-state index in [0.717, 1.165) is 40.9 Å². The molecule has 28 heavy (non-hydrogen) atoms. The molecule has 3 rings (SSSR count). The molecule has 1 fully saturated rings. The maximum absolute atomic E-state index is 12.9. The van der Waals surface area contributed by atoms with Crippen molar-refractivity contribution >= 4 is 51.7 Å². The van der Waals surface area contributed by atoms with Crippen LogP contribution in [0.1, 0.15) is 11.1 Å². The van der Waals surface area contributed by atoms with E-state index in [0.29, 0.717) is 0 Å². The Morgan fingerprint density at radius 1 is 1.21 bits per heavy atom. The quantitative estimate of drug-likeness (QED) is 0.331. The highest BCUT2D eigenvalue weighted by molar-refractivity contribution is 8.27. The Bertz CT molecular complexity index is 1040. The van der Waals surface area contributed by atoms with Crippen molar-refractivity contribution < 1.29 is 28.0 Å². The summed E-state index contributed by atoms with van der Waals surface area (Å²) in [6.45, 7) is 0. The maximum Gasteiger partial charge on any atom is 0.416 e. The average molecular weight is 426 g/mol. The number of hydrogen-bond acceptors (Lipinski definition) is 6. The van der Waals surface area contributed by atoms with Gasteiger partial charge in [0.25, 0.3) is 5.91 Å². The largest absolute Gasteiger partial charge is 0.502 e. The first-order valence-corrected chi connectivity index (χ1v) is 8.73. The zero-order chi connectivity index (χ0) is 20.6. The summed E-state index contributed by atoms with van der Waals surface area (Å²) in [7, 11) is 0. The monoisotopic (exact) mass is 426 g/mol. The fraction of sp³-hybridized carbons (Fsp3) is 0.0588. The number of thiocarbonyl (C=S) groups is 1. The Hall–Kier alpha value is -2.92. The van der Waals surface area contributed by atoms with Crippen LogP contribution in [0.3, 0.4) is 0 Å². The predicted molar refractivity (Wildman–Crippen MR) is 102 cm³/mol. The van der Waals surface area contributed by atoms with Crippen LogP contribution in [-0.4, -0.2) is 20.3 Å². The summed E-state index contributed by atoms with van der Waals surface area (Å²) < 4.78 is 38.8. The normalized spacial score (nSPS) is 16.1. The summed E-state index contributed by atoms with van der Waals surface area (Å²) in [5, 5.41) is 20.4. The van der Waals surface area contributed by atoms with Crippen molar-refractivity contribution in [3.63, 3.8) is 0 Å². The van der Waals surface area contributed by atoms with Crippen LogP contribution in [0.2, 0.25) is 0 Å². The molecule has 1 saturated heterocycles. The number of benzene rings is 2. The van der Waals surface area contributed by atoms with Gasteiger partial charge in [0, 0.05) is 6.07 Å². The van der Waals surface area contributed by atoms with Gasteiger partial charge in [-0.2, -0.15) is 13.2 Å². The molecule has 2 aromatic carbocycles. The highest BCUT2D eigenvalue weighted by Crippen LogP contribution is 2.39. The number of halogens is 3. The molecule has 0 spiro atoms. The molecule has 0 unspecified atom stereocenters. The number of nitro benzene ring substituents is 1. The van der Waals surface area contributed by atoms with Gasteiger partial charge in [0.15, 0.2) is 10.1 Å². The van der Waals surface area contributed by atoms with E-state index in [-0.39, 0.29) is 20.5 Å². The van der Waals surface area contributed by atoms with Crippen molar-refractivity contribution in [1.29, 1.82) is 0 Å². The Labute approximate surface area is 165 Å². The molecule has 11 heteroatoms. The van der Waals surface area contributed by atoms with E-state index in [1.807, 2.05) is 0 Å². The van der Waals surface area contributed by atoms with Crippen LogP contribution in [0, 0.1) is 10.1 Å². The van der Waals surface area contributed by atoms with E-state index in [9.17, 15) is 33.2 Å². The van der Waals surface area contributed by atoms with Gasteiger partial charge in [-0.05, 0) is 35.9 Å². The van der Waals surface area contributed by atoms with Gasteiger partial charge in [0.2, 0.25) is 0 Å². The summed E-state index contributed by atoms with van der Waals surface area (Å²) in [5.74, 6) is -1.18. The minimum atomic E-state index is -4.57.